The number of halogens is 5. The van der Waals surface area contributed by atoms with Crippen LogP contribution in [0.4, 0.5) is 22.0 Å². The zero-order valence-electron chi connectivity index (χ0n) is 17.9. The number of esters is 1. The molecule has 0 heterocycles. The number of carbonyl (C=O) groups is 1. The van der Waals surface area contributed by atoms with E-state index in [1.54, 1.807) is 44.2 Å². The van der Waals surface area contributed by atoms with Crippen LogP contribution in [0.3, 0.4) is 0 Å². The van der Waals surface area contributed by atoms with Gasteiger partial charge in [-0.25, -0.2) is 17.7 Å². The first kappa shape index (κ1) is 25.5. The molecule has 3 rings (SSSR count). The van der Waals surface area contributed by atoms with Crippen LogP contribution in [-0.2, 0) is 14.1 Å². The Morgan fingerprint density at radius 1 is 0.882 bits per heavy atom. The Balaban J connectivity index is 1.99. The largest absolute Gasteiger partial charge is 0.513 e. The maximum Gasteiger partial charge on any atom is 0.513 e. The smallest absolute Gasteiger partial charge is 0.464 e. The minimum absolute atomic E-state index is 0.0210. The molecule has 0 amide bonds. The fourth-order valence-corrected chi connectivity index (χ4v) is 4.05. The van der Waals surface area contributed by atoms with Crippen molar-refractivity contribution in [3.8, 4) is 11.5 Å². The standard InChI is InChI=1S/C22H19F5NO5P/c1-12(2)11-31-16(29)10-28-34(30,32-15-9-5-7-13-6-3-4-8-14(13)15)33-22-20(26)18(24)17(23)19(25)21(22)27/h3-9,12H,10-11H2,1-2H3,(H,28,30). The maximum atomic E-state index is 14.2. The van der Waals surface area contributed by atoms with E-state index < -0.39 is 55.1 Å². The summed E-state index contributed by atoms with van der Waals surface area (Å²) in [6.45, 7) is 2.74. The van der Waals surface area contributed by atoms with Crippen LogP contribution in [-0.4, -0.2) is 19.1 Å². The first-order valence-corrected chi connectivity index (χ1v) is 11.5. The number of fused-ring (bicyclic) bond motifs is 1. The van der Waals surface area contributed by atoms with E-state index in [0.717, 1.165) is 0 Å². The highest BCUT2D eigenvalue weighted by molar-refractivity contribution is 7.52. The fraction of sp³-hybridized carbons (Fsp3) is 0.227. The highest BCUT2D eigenvalue weighted by Crippen LogP contribution is 2.48. The third kappa shape index (κ3) is 5.66. The van der Waals surface area contributed by atoms with Gasteiger partial charge < -0.3 is 13.8 Å². The maximum absolute atomic E-state index is 14.2. The normalized spacial score (nSPS) is 13.1. The van der Waals surface area contributed by atoms with Crippen LogP contribution in [0.15, 0.2) is 42.5 Å². The quantitative estimate of drug-likeness (QED) is 0.129. The van der Waals surface area contributed by atoms with Crippen LogP contribution in [0.5, 0.6) is 11.5 Å². The molecule has 34 heavy (non-hydrogen) atoms. The molecule has 3 aromatic rings. The molecule has 3 aromatic carbocycles. The van der Waals surface area contributed by atoms with Crippen molar-refractivity contribution in [2.75, 3.05) is 13.2 Å². The molecule has 0 radical (unpaired) electrons. The number of nitrogens with one attached hydrogen (secondary N) is 1. The molecule has 0 saturated heterocycles. The lowest BCUT2D eigenvalue weighted by molar-refractivity contribution is -0.143. The summed E-state index contributed by atoms with van der Waals surface area (Å²) in [5.41, 5.74) is 0. The average molecular weight is 503 g/mol. The number of hydrogen-bond acceptors (Lipinski definition) is 5. The van der Waals surface area contributed by atoms with Gasteiger partial charge in [0.25, 0.3) is 0 Å². The third-order valence-electron chi connectivity index (χ3n) is 4.34. The third-order valence-corrected chi connectivity index (χ3v) is 5.75. The summed E-state index contributed by atoms with van der Waals surface area (Å²) in [5.74, 6) is -14.6. The van der Waals surface area contributed by atoms with Crippen molar-refractivity contribution < 1.29 is 45.1 Å². The van der Waals surface area contributed by atoms with Crippen LogP contribution >= 0.6 is 7.75 Å². The zero-order valence-corrected chi connectivity index (χ0v) is 18.8. The second-order valence-corrected chi connectivity index (χ2v) is 9.14. The molecule has 0 aliphatic heterocycles. The van der Waals surface area contributed by atoms with E-state index in [1.165, 1.54) is 12.1 Å². The molecule has 12 heteroatoms. The molecule has 0 bridgehead atoms. The molecule has 1 unspecified atom stereocenters. The topological polar surface area (TPSA) is 73.9 Å². The van der Waals surface area contributed by atoms with Gasteiger partial charge in [0.05, 0.1) is 6.61 Å². The summed E-state index contributed by atoms with van der Waals surface area (Å²) in [4.78, 5) is 12.0. The van der Waals surface area contributed by atoms with Gasteiger partial charge in [0.1, 0.15) is 12.3 Å². The summed E-state index contributed by atoms with van der Waals surface area (Å²) >= 11 is 0. The summed E-state index contributed by atoms with van der Waals surface area (Å²) in [7, 11) is -4.96. The molecular weight excluding hydrogens is 484 g/mol. The lowest BCUT2D eigenvalue weighted by atomic mass is 10.1. The molecule has 1 N–H and O–H groups in total. The Kier molecular flexibility index (Phi) is 7.78. The first-order chi connectivity index (χ1) is 16.0. The van der Waals surface area contributed by atoms with Crippen LogP contribution in [0, 0.1) is 35.0 Å². The Morgan fingerprint density at radius 2 is 1.47 bits per heavy atom. The van der Waals surface area contributed by atoms with Crippen molar-refractivity contribution >= 4 is 24.5 Å². The minimum Gasteiger partial charge on any atom is -0.464 e. The zero-order chi connectivity index (χ0) is 25.0. The molecule has 1 atom stereocenters. The van der Waals surface area contributed by atoms with E-state index in [4.69, 9.17) is 13.8 Å². The number of rotatable bonds is 9. The lowest BCUT2D eigenvalue weighted by Crippen LogP contribution is -2.28. The molecule has 0 aliphatic carbocycles. The van der Waals surface area contributed by atoms with Gasteiger partial charge in [0.15, 0.2) is 0 Å². The molecule has 0 fully saturated rings. The predicted octanol–water partition coefficient (Wildman–Crippen LogP) is 5.89. The van der Waals surface area contributed by atoms with Crippen molar-refractivity contribution in [1.82, 2.24) is 5.09 Å². The monoisotopic (exact) mass is 503 g/mol. The fourth-order valence-electron chi connectivity index (χ4n) is 2.75. The van der Waals surface area contributed by atoms with Gasteiger partial charge in [0, 0.05) is 5.39 Å². The summed E-state index contributed by atoms with van der Waals surface area (Å²) in [6, 6.07) is 11.1. The SMILES string of the molecule is CC(C)COC(=O)CNP(=O)(Oc1c(F)c(F)c(F)c(F)c1F)Oc1cccc2ccccc12. The second-order valence-electron chi connectivity index (χ2n) is 7.47. The van der Waals surface area contributed by atoms with Crippen LogP contribution in [0.2, 0.25) is 0 Å². The molecular formula is C22H19F5NO5P. The van der Waals surface area contributed by atoms with Crippen LogP contribution < -0.4 is 14.1 Å². The average Bonchev–Trinajstić information content (AvgIpc) is 2.82. The number of hydrogen-bond donors (Lipinski definition) is 1. The van der Waals surface area contributed by atoms with Gasteiger partial charge in [0.2, 0.25) is 34.8 Å². The molecule has 0 spiro atoms. The highest BCUT2D eigenvalue weighted by atomic mass is 31.2. The van der Waals surface area contributed by atoms with Crippen molar-refractivity contribution in [2.24, 2.45) is 5.92 Å². The molecule has 6 nitrogen and oxygen atoms in total. The van der Waals surface area contributed by atoms with E-state index in [1.807, 2.05) is 0 Å². The summed E-state index contributed by atoms with van der Waals surface area (Å²) in [5, 5.41) is 3.08. The second kappa shape index (κ2) is 10.4. The number of carbonyl (C=O) groups excluding carboxylic acids is 1. The highest BCUT2D eigenvalue weighted by Gasteiger charge is 2.36. The van der Waals surface area contributed by atoms with Crippen molar-refractivity contribution in [2.45, 2.75) is 13.8 Å². The number of ether oxygens (including phenoxy) is 1. The molecule has 182 valence electrons. The van der Waals surface area contributed by atoms with Crippen molar-refractivity contribution in [3.05, 3.63) is 71.6 Å². The van der Waals surface area contributed by atoms with Crippen LogP contribution in [0.1, 0.15) is 13.8 Å². The Hall–Kier alpha value is -3.17. The molecule has 0 aromatic heterocycles. The first-order valence-electron chi connectivity index (χ1n) is 9.91. The molecule has 0 saturated carbocycles. The lowest BCUT2D eigenvalue weighted by Gasteiger charge is -2.22. The van der Waals surface area contributed by atoms with E-state index in [0.29, 0.717) is 10.8 Å². The van der Waals surface area contributed by atoms with Gasteiger partial charge in [-0.1, -0.05) is 50.2 Å². The number of benzene rings is 3. The van der Waals surface area contributed by atoms with Gasteiger partial charge in [-0.3, -0.25) is 4.79 Å². The molecule has 0 aliphatic rings. The van der Waals surface area contributed by atoms with Gasteiger partial charge in [-0.05, 0) is 17.4 Å². The Bertz CT molecular complexity index is 1240. The van der Waals surface area contributed by atoms with Crippen molar-refractivity contribution in [1.29, 1.82) is 0 Å². The Labute approximate surface area is 191 Å². The van der Waals surface area contributed by atoms with Gasteiger partial charge in [-0.2, -0.15) is 13.9 Å². The minimum atomic E-state index is -4.96. The van der Waals surface area contributed by atoms with Gasteiger partial charge in [-0.15, -0.1) is 0 Å². The van der Waals surface area contributed by atoms with E-state index in [-0.39, 0.29) is 18.3 Å². The summed E-state index contributed by atoms with van der Waals surface area (Å²) < 4.78 is 97.5. The van der Waals surface area contributed by atoms with E-state index in [9.17, 15) is 31.3 Å². The van der Waals surface area contributed by atoms with Crippen LogP contribution in [0.25, 0.3) is 10.8 Å². The summed E-state index contributed by atoms with van der Waals surface area (Å²) in [6.07, 6.45) is 0. The van der Waals surface area contributed by atoms with E-state index >= 15 is 0 Å². The van der Waals surface area contributed by atoms with E-state index in [2.05, 4.69) is 5.09 Å². The van der Waals surface area contributed by atoms with Crippen molar-refractivity contribution in [3.63, 3.8) is 0 Å². The predicted molar refractivity (Wildman–Crippen MR) is 113 cm³/mol. The van der Waals surface area contributed by atoms with Gasteiger partial charge >= 0.3 is 13.7 Å². The Morgan fingerprint density at radius 3 is 2.12 bits per heavy atom.